The summed E-state index contributed by atoms with van der Waals surface area (Å²) in [7, 11) is 1.20. The molecule has 1 rings (SSSR count). The average Bonchev–Trinajstić information content (AvgIpc) is 2.46. The Morgan fingerprint density at radius 1 is 1.77 bits per heavy atom. The molecular formula is C6H6N2O5. The standard InChI is InChI=1S/C6H6N2O5/c1-12-8-4(5(9)10)3-2-13-6(11)7-3/h2H,1H3,(H,7,11)(H,9,10). The van der Waals surface area contributed by atoms with Crippen molar-refractivity contribution in [3.8, 4) is 6.08 Å². The van der Waals surface area contributed by atoms with Gasteiger partial charge in [-0.1, -0.05) is 5.16 Å². The van der Waals surface area contributed by atoms with E-state index in [0.717, 1.165) is 6.26 Å². The van der Waals surface area contributed by atoms with Crippen LogP contribution in [0.15, 0.2) is 15.8 Å². The molecule has 0 atom stereocenters. The Hall–Kier alpha value is -2.05. The summed E-state index contributed by atoms with van der Waals surface area (Å²) in [6, 6.07) is 0. The average molecular weight is 186 g/mol. The Morgan fingerprint density at radius 2 is 2.46 bits per heavy atom. The van der Waals surface area contributed by atoms with Crippen LogP contribution >= 0.6 is 0 Å². The van der Waals surface area contributed by atoms with E-state index in [-0.39, 0.29) is 5.69 Å². The minimum atomic E-state index is -1.32. The van der Waals surface area contributed by atoms with Crippen LogP contribution in [0.3, 0.4) is 0 Å². The summed E-state index contributed by atoms with van der Waals surface area (Å²) in [5, 5.41) is 20.5. The summed E-state index contributed by atoms with van der Waals surface area (Å²) < 4.78 is 4.39. The number of carboxylic acids is 1. The quantitative estimate of drug-likeness (QED) is 0.500. The number of oxazole rings is 1. The second-order valence-corrected chi connectivity index (χ2v) is 1.94. The van der Waals surface area contributed by atoms with Crippen molar-refractivity contribution in [3.05, 3.63) is 12.0 Å². The Kier molecular flexibility index (Phi) is 2.48. The highest BCUT2D eigenvalue weighted by molar-refractivity contribution is 6.41. The number of rotatable bonds is 3. The molecule has 7 nitrogen and oxygen atoms in total. The van der Waals surface area contributed by atoms with Gasteiger partial charge in [-0.15, -0.1) is 0 Å². The van der Waals surface area contributed by atoms with Crippen LogP contribution in [0.4, 0.5) is 0 Å². The largest absolute Gasteiger partial charge is 0.476 e. The Balaban J connectivity index is 3.02. The lowest BCUT2D eigenvalue weighted by atomic mass is 10.3. The molecule has 0 aliphatic heterocycles. The van der Waals surface area contributed by atoms with E-state index >= 15 is 0 Å². The molecule has 0 saturated carbocycles. The first-order valence-corrected chi connectivity index (χ1v) is 3.14. The summed E-state index contributed by atoms with van der Waals surface area (Å²) >= 11 is 0. The number of aromatic hydroxyl groups is 1. The van der Waals surface area contributed by atoms with Gasteiger partial charge in [-0.25, -0.2) is 4.79 Å². The van der Waals surface area contributed by atoms with Gasteiger partial charge in [0.05, 0.1) is 0 Å². The first kappa shape index (κ1) is 9.04. The van der Waals surface area contributed by atoms with E-state index in [1.165, 1.54) is 7.11 Å². The molecule has 0 amide bonds. The van der Waals surface area contributed by atoms with Crippen LogP contribution in [0.25, 0.3) is 0 Å². The third-order valence-electron chi connectivity index (χ3n) is 1.12. The summed E-state index contributed by atoms with van der Waals surface area (Å²) in [4.78, 5) is 18.1. The molecule has 2 N–H and O–H groups in total. The number of hydrogen-bond donors (Lipinski definition) is 2. The molecule has 0 saturated heterocycles. The predicted octanol–water partition coefficient (Wildman–Crippen LogP) is -0.185. The third-order valence-corrected chi connectivity index (χ3v) is 1.12. The molecule has 0 radical (unpaired) electrons. The zero-order chi connectivity index (χ0) is 9.84. The lowest BCUT2D eigenvalue weighted by Crippen LogP contribution is -2.15. The Labute approximate surface area is 72.3 Å². The van der Waals surface area contributed by atoms with Crippen LogP contribution in [0.1, 0.15) is 5.69 Å². The fourth-order valence-electron chi connectivity index (χ4n) is 0.660. The highest BCUT2D eigenvalue weighted by Crippen LogP contribution is 2.08. The zero-order valence-corrected chi connectivity index (χ0v) is 6.59. The molecule has 0 spiro atoms. The van der Waals surface area contributed by atoms with E-state index < -0.39 is 17.8 Å². The van der Waals surface area contributed by atoms with Crippen LogP contribution in [-0.2, 0) is 9.63 Å². The normalized spacial score (nSPS) is 11.3. The van der Waals surface area contributed by atoms with Crippen molar-refractivity contribution in [2.45, 2.75) is 0 Å². The summed E-state index contributed by atoms with van der Waals surface area (Å²) in [5.41, 5.74) is -0.543. The number of carboxylic acid groups (broad SMARTS) is 1. The van der Waals surface area contributed by atoms with Crippen LogP contribution in [0.2, 0.25) is 0 Å². The molecule has 0 aliphatic rings. The molecule has 1 aromatic rings. The van der Waals surface area contributed by atoms with Crippen molar-refractivity contribution >= 4 is 11.7 Å². The van der Waals surface area contributed by atoms with Crippen LogP contribution < -0.4 is 0 Å². The van der Waals surface area contributed by atoms with E-state index in [1.54, 1.807) is 0 Å². The lowest BCUT2D eigenvalue weighted by Gasteiger charge is -1.93. The number of carbonyl (C=O) groups is 1. The molecule has 0 aliphatic carbocycles. The van der Waals surface area contributed by atoms with Gasteiger partial charge in [0, 0.05) is 0 Å². The number of oxime groups is 1. The molecule has 0 unspecified atom stereocenters. The van der Waals surface area contributed by atoms with Crippen molar-refractivity contribution in [3.63, 3.8) is 0 Å². The minimum absolute atomic E-state index is 0.105. The number of aliphatic carboxylic acids is 1. The van der Waals surface area contributed by atoms with Gasteiger partial charge < -0.3 is 19.5 Å². The fraction of sp³-hybridized carbons (Fsp3) is 0.167. The van der Waals surface area contributed by atoms with E-state index in [2.05, 4.69) is 19.4 Å². The van der Waals surface area contributed by atoms with Crippen molar-refractivity contribution < 1.29 is 24.3 Å². The summed E-state index contributed by atoms with van der Waals surface area (Å²) in [6.45, 7) is 0. The first-order chi connectivity index (χ1) is 6.15. The maximum Gasteiger partial charge on any atom is 0.391 e. The predicted molar refractivity (Wildman–Crippen MR) is 39.3 cm³/mol. The number of aromatic nitrogens is 1. The molecule has 7 heteroatoms. The summed E-state index contributed by atoms with van der Waals surface area (Å²) in [5.74, 6) is -1.32. The van der Waals surface area contributed by atoms with Crippen LogP contribution in [-0.4, -0.2) is 34.0 Å². The molecule has 13 heavy (non-hydrogen) atoms. The molecule has 0 fully saturated rings. The van der Waals surface area contributed by atoms with Gasteiger partial charge in [0.1, 0.15) is 19.1 Å². The Morgan fingerprint density at radius 3 is 2.85 bits per heavy atom. The number of hydrogen-bond acceptors (Lipinski definition) is 6. The van der Waals surface area contributed by atoms with Crippen molar-refractivity contribution in [2.24, 2.45) is 5.16 Å². The molecular weight excluding hydrogens is 180 g/mol. The van der Waals surface area contributed by atoms with Crippen LogP contribution in [0, 0.1) is 0 Å². The van der Waals surface area contributed by atoms with E-state index in [1.807, 2.05) is 0 Å². The topological polar surface area (TPSA) is 105 Å². The highest BCUT2D eigenvalue weighted by atomic mass is 16.6. The van der Waals surface area contributed by atoms with Crippen molar-refractivity contribution in [1.82, 2.24) is 4.98 Å². The van der Waals surface area contributed by atoms with Gasteiger partial charge >= 0.3 is 12.0 Å². The monoisotopic (exact) mass is 186 g/mol. The Bertz CT molecular complexity index is 343. The first-order valence-electron chi connectivity index (χ1n) is 3.14. The van der Waals surface area contributed by atoms with Gasteiger partial charge in [0.25, 0.3) is 0 Å². The highest BCUT2D eigenvalue weighted by Gasteiger charge is 2.18. The third kappa shape index (κ3) is 1.95. The van der Waals surface area contributed by atoms with Crippen molar-refractivity contribution in [1.29, 1.82) is 0 Å². The number of nitrogens with zero attached hydrogens (tertiary/aromatic N) is 2. The maximum atomic E-state index is 10.5. The molecule has 0 aromatic carbocycles. The van der Waals surface area contributed by atoms with Crippen LogP contribution in [0.5, 0.6) is 6.08 Å². The second-order valence-electron chi connectivity index (χ2n) is 1.94. The summed E-state index contributed by atoms with van der Waals surface area (Å²) in [6.07, 6.45) is 0.335. The molecule has 1 heterocycles. The second kappa shape index (κ2) is 3.57. The smallest absolute Gasteiger partial charge is 0.391 e. The molecule has 70 valence electrons. The van der Waals surface area contributed by atoms with E-state index in [4.69, 9.17) is 10.2 Å². The molecule has 0 bridgehead atoms. The van der Waals surface area contributed by atoms with E-state index in [0.29, 0.717) is 0 Å². The van der Waals surface area contributed by atoms with E-state index in [9.17, 15) is 4.79 Å². The van der Waals surface area contributed by atoms with Gasteiger partial charge in [0.15, 0.2) is 0 Å². The maximum absolute atomic E-state index is 10.5. The SMILES string of the molecule is CON=C(C(=O)O)c1coc(O)n1. The van der Waals surface area contributed by atoms with Gasteiger partial charge in [-0.2, -0.15) is 4.98 Å². The molecule has 1 aromatic heterocycles. The van der Waals surface area contributed by atoms with Gasteiger partial charge in [-0.3, -0.25) is 0 Å². The minimum Gasteiger partial charge on any atom is -0.476 e. The van der Waals surface area contributed by atoms with Crippen molar-refractivity contribution in [2.75, 3.05) is 7.11 Å². The van der Waals surface area contributed by atoms with Gasteiger partial charge in [0.2, 0.25) is 5.71 Å². The van der Waals surface area contributed by atoms with Gasteiger partial charge in [-0.05, 0) is 0 Å². The zero-order valence-electron chi connectivity index (χ0n) is 6.59. The fourth-order valence-corrected chi connectivity index (χ4v) is 0.660. The lowest BCUT2D eigenvalue weighted by molar-refractivity contribution is -0.129.